The molecule has 18 nitrogen and oxygen atoms in total. The molecule has 3 fully saturated rings. The molecule has 7 heterocycles. The van der Waals surface area contributed by atoms with Crippen LogP contribution in [0.4, 0.5) is 11.4 Å². The van der Waals surface area contributed by atoms with Crippen molar-refractivity contribution in [1.82, 2.24) is 14.5 Å². The van der Waals surface area contributed by atoms with E-state index in [2.05, 4.69) is 26.6 Å². The summed E-state index contributed by atoms with van der Waals surface area (Å²) in [6.07, 6.45) is 8.65. The average Bonchev–Trinajstić information content (AvgIpc) is 3.81. The van der Waals surface area contributed by atoms with Crippen molar-refractivity contribution < 1.29 is 47.3 Å². The predicted octanol–water partition coefficient (Wildman–Crippen LogP) is 6.41. The quantitative estimate of drug-likeness (QED) is 0.106. The molecule has 0 spiro atoms. The van der Waals surface area contributed by atoms with E-state index in [0.29, 0.717) is 34.5 Å². The third kappa shape index (κ3) is 8.85. The van der Waals surface area contributed by atoms with Crippen LogP contribution in [0.1, 0.15) is 83.9 Å². The van der Waals surface area contributed by atoms with Crippen molar-refractivity contribution in [3.63, 3.8) is 0 Å². The Morgan fingerprint density at radius 2 is 1.76 bits per heavy atom. The van der Waals surface area contributed by atoms with Crippen LogP contribution < -0.4 is 20.3 Å². The Morgan fingerprint density at radius 1 is 0.986 bits per heavy atom. The fourth-order valence-corrected chi connectivity index (χ4v) is 14.0. The second-order valence-corrected chi connectivity index (χ2v) is 22.2. The van der Waals surface area contributed by atoms with E-state index >= 15 is 0 Å². The monoisotopic (exact) mass is 1010 g/mol. The maximum atomic E-state index is 14.2. The zero-order chi connectivity index (χ0) is 49.2. The normalized spacial score (nSPS) is 23.5. The number of sulfonamides is 1. The zero-order valence-corrected chi connectivity index (χ0v) is 40.5. The Kier molecular flexibility index (Phi) is 12.4. The van der Waals surface area contributed by atoms with Crippen LogP contribution in [0, 0.1) is 5.92 Å². The average molecular weight is 1010 g/mol. The highest BCUT2D eigenvalue weighted by atomic mass is 35.5. The largest absolute Gasteiger partial charge is 0.479 e. The highest BCUT2D eigenvalue weighted by molar-refractivity contribution is 7.89. The van der Waals surface area contributed by atoms with E-state index in [9.17, 15) is 37.5 Å². The number of halogens is 1. The summed E-state index contributed by atoms with van der Waals surface area (Å²) < 4.78 is 35.1. The number of rotatable bonds is 13. The standard InChI is InChI=1S/C49H49ClN8O10S2/c1-49(2)21-30(53-29-6-3-5-27(19-29)44-42(50)43(68-24-40(60)61)45(69-44)48(64)65)15-18-57(49)70(66,67)25-37-51-22-28-23-52-38(20-34(28)54-37)56-16-13-26(14-17-56)31-9-10-35-41-32(31)7-4-8-33(41)47(63)58(35)36-11-12-39(59)55-46(36)62/h3-10,19-20,22-23,26,28,30,34,36,53H,11-18,21,24-25H2,1-2H3,(H,60,61)(H,64,65)(H,55,59,62). The van der Waals surface area contributed by atoms with E-state index in [4.69, 9.17) is 31.4 Å². The highest BCUT2D eigenvalue weighted by Gasteiger charge is 2.44. The van der Waals surface area contributed by atoms with Gasteiger partial charge >= 0.3 is 11.9 Å². The van der Waals surface area contributed by atoms with E-state index in [0.717, 1.165) is 65.1 Å². The maximum Gasteiger partial charge on any atom is 0.349 e. The first kappa shape index (κ1) is 47.2. The number of carboxylic acids is 2. The molecule has 1 aromatic heterocycles. The van der Waals surface area contributed by atoms with Crippen molar-refractivity contribution in [3.05, 3.63) is 87.5 Å². The molecule has 3 aromatic carbocycles. The Morgan fingerprint density at radius 3 is 2.50 bits per heavy atom. The summed E-state index contributed by atoms with van der Waals surface area (Å²) >= 11 is 7.43. The van der Waals surface area contributed by atoms with Crippen LogP contribution >= 0.6 is 22.9 Å². The number of hydrogen-bond acceptors (Lipinski definition) is 14. The molecule has 10 rings (SSSR count). The van der Waals surface area contributed by atoms with Crippen LogP contribution in [0.2, 0.25) is 5.02 Å². The van der Waals surface area contributed by atoms with Crippen molar-refractivity contribution in [1.29, 1.82) is 0 Å². The van der Waals surface area contributed by atoms with E-state index in [1.165, 1.54) is 4.31 Å². The number of nitrogens with zero attached hydrogens (tertiary/aromatic N) is 6. The van der Waals surface area contributed by atoms with Crippen LogP contribution in [0.3, 0.4) is 0 Å². The molecule has 0 aliphatic carbocycles. The van der Waals surface area contributed by atoms with Gasteiger partial charge < -0.3 is 25.2 Å². The maximum absolute atomic E-state index is 14.2. The van der Waals surface area contributed by atoms with Crippen LogP contribution in [-0.2, 0) is 24.4 Å². The van der Waals surface area contributed by atoms with Gasteiger partial charge in [-0.15, -0.1) is 11.3 Å². The van der Waals surface area contributed by atoms with Crippen molar-refractivity contribution >= 4 is 103 Å². The van der Waals surface area contributed by atoms with Gasteiger partial charge in [-0.05, 0) is 98.7 Å². The Hall–Kier alpha value is -6.48. The van der Waals surface area contributed by atoms with E-state index in [1.54, 1.807) is 29.3 Å². The number of amides is 3. The van der Waals surface area contributed by atoms with Gasteiger partial charge in [0.25, 0.3) is 5.91 Å². The van der Waals surface area contributed by atoms with Crippen LogP contribution in [0.5, 0.6) is 5.75 Å². The highest BCUT2D eigenvalue weighted by Crippen LogP contribution is 2.47. The summed E-state index contributed by atoms with van der Waals surface area (Å²) in [5, 5.41) is 26.5. The number of carbonyl (C=O) groups excluding carboxylic acids is 3. The Balaban J connectivity index is 0.771. The lowest BCUT2D eigenvalue weighted by atomic mass is 9.85. The second-order valence-electron chi connectivity index (χ2n) is 18.9. The van der Waals surface area contributed by atoms with Gasteiger partial charge in [0.1, 0.15) is 28.5 Å². The van der Waals surface area contributed by atoms with E-state index in [1.807, 2.05) is 56.5 Å². The second kappa shape index (κ2) is 18.4. The molecule has 364 valence electrons. The van der Waals surface area contributed by atoms with Crippen LogP contribution in [-0.4, -0.2) is 131 Å². The molecule has 4 aromatic rings. The summed E-state index contributed by atoms with van der Waals surface area (Å²) in [4.78, 5) is 79.6. The number of carboxylic acid groups (broad SMARTS) is 2. The summed E-state index contributed by atoms with van der Waals surface area (Å²) in [7, 11) is -3.86. The van der Waals surface area contributed by atoms with Gasteiger partial charge in [-0.3, -0.25) is 29.6 Å². The van der Waals surface area contributed by atoms with Gasteiger partial charge in [-0.25, -0.2) is 28.0 Å². The number of aromatic carboxylic acids is 1. The van der Waals surface area contributed by atoms with Crippen molar-refractivity contribution in [2.45, 2.75) is 82.0 Å². The number of ether oxygens (including phenoxy) is 1. The Bertz CT molecular complexity index is 3120. The molecule has 4 N–H and O–H groups in total. The molecule has 6 aliphatic rings. The smallest absolute Gasteiger partial charge is 0.349 e. The molecule has 4 unspecified atom stereocenters. The van der Waals surface area contributed by atoms with E-state index < -0.39 is 46.1 Å². The number of aliphatic imine (C=N–C) groups is 3. The van der Waals surface area contributed by atoms with Crippen molar-refractivity contribution in [2.75, 3.05) is 42.2 Å². The SMILES string of the molecule is CC1(C)CC(Nc2cccc(-c3sc(C(=O)O)c(OCC(=O)O)c3Cl)c2)CCN1S(=O)(=O)CC1=NC2C=C(N3CCC(c4ccc5c6c(cccc46)C(=O)N5C4CCC(=O)NC4=O)CC3)N=CC2C=N1. The van der Waals surface area contributed by atoms with Crippen molar-refractivity contribution in [2.24, 2.45) is 20.9 Å². The summed E-state index contributed by atoms with van der Waals surface area (Å²) in [5.74, 6) is -3.11. The zero-order valence-electron chi connectivity index (χ0n) is 38.1. The minimum atomic E-state index is -3.86. The number of anilines is 2. The molecule has 0 radical (unpaired) electrons. The minimum absolute atomic E-state index is 0.00362. The molecule has 70 heavy (non-hydrogen) atoms. The third-order valence-corrected chi connectivity index (χ3v) is 17.6. The van der Waals surface area contributed by atoms with Gasteiger partial charge in [0, 0.05) is 66.7 Å². The number of piperidine rings is 3. The summed E-state index contributed by atoms with van der Waals surface area (Å²) in [6, 6.07) is 15.7. The molecule has 3 saturated heterocycles. The Labute approximate surface area is 411 Å². The topological polar surface area (TPSA) is 240 Å². The molecular formula is C49H49ClN8O10S2. The lowest BCUT2D eigenvalue weighted by molar-refractivity contribution is -0.139. The molecule has 0 saturated carbocycles. The van der Waals surface area contributed by atoms with Crippen LogP contribution in [0.25, 0.3) is 21.2 Å². The first-order valence-electron chi connectivity index (χ1n) is 23.1. The van der Waals surface area contributed by atoms with Gasteiger partial charge in [0.05, 0.1) is 22.5 Å². The number of thiophene rings is 1. The number of fused-ring (bicyclic) bond motifs is 1. The lowest BCUT2D eigenvalue weighted by Gasteiger charge is -2.45. The molecule has 4 atom stereocenters. The number of hydrogen-bond donors (Lipinski definition) is 4. The number of carbonyl (C=O) groups is 5. The van der Waals surface area contributed by atoms with E-state index in [-0.39, 0.29) is 82.4 Å². The summed E-state index contributed by atoms with van der Waals surface area (Å²) in [6.45, 7) is 4.75. The molecule has 3 amide bonds. The van der Waals surface area contributed by atoms with Gasteiger partial charge in [0.2, 0.25) is 21.8 Å². The third-order valence-electron chi connectivity index (χ3n) is 13.9. The van der Waals surface area contributed by atoms with Gasteiger partial charge in [-0.1, -0.05) is 41.9 Å². The number of likely N-dealkylation sites (tertiary alicyclic amines) is 1. The number of imide groups is 1. The lowest BCUT2D eigenvalue weighted by Crippen LogP contribution is -2.56. The predicted molar refractivity (Wildman–Crippen MR) is 266 cm³/mol. The molecule has 21 heteroatoms. The first-order chi connectivity index (χ1) is 33.5. The number of benzene rings is 3. The van der Waals surface area contributed by atoms with Gasteiger partial charge in [-0.2, -0.15) is 4.31 Å². The molecule has 6 aliphatic heterocycles. The molecule has 0 bridgehead atoms. The number of aliphatic carboxylic acids is 1. The summed E-state index contributed by atoms with van der Waals surface area (Å²) in [5.41, 5.74) is 2.95. The fourth-order valence-electron chi connectivity index (χ4n) is 10.7. The minimum Gasteiger partial charge on any atom is -0.479 e. The van der Waals surface area contributed by atoms with Gasteiger partial charge in [0.15, 0.2) is 17.2 Å². The van der Waals surface area contributed by atoms with Crippen molar-refractivity contribution in [3.8, 4) is 16.2 Å². The van der Waals surface area contributed by atoms with Crippen LogP contribution in [0.15, 0.2) is 81.5 Å². The number of amidine groups is 1. The molecular weight excluding hydrogens is 960 g/mol. The fraction of sp³-hybridized carbons (Fsp3) is 0.388. The number of nitrogens with one attached hydrogen (secondary N) is 2. The first-order valence-corrected chi connectivity index (χ1v) is 25.9.